The lowest BCUT2D eigenvalue weighted by Gasteiger charge is -2.15. The van der Waals surface area contributed by atoms with Crippen LogP contribution in [0.1, 0.15) is 0 Å². The molecular weight excluding hydrogens is 887 g/mol. The number of para-hydroxylation sites is 1. The maximum Gasteiger partial charge on any atom is 0.160 e. The second-order valence-electron chi connectivity index (χ2n) is 17.8. The van der Waals surface area contributed by atoms with Crippen LogP contribution in [0.5, 0.6) is 0 Å². The van der Waals surface area contributed by atoms with E-state index in [0.29, 0.717) is 5.82 Å². The predicted octanol–water partition coefficient (Wildman–Crippen LogP) is 18.6. The Hall–Kier alpha value is -8.61. The molecule has 326 valence electrons. The van der Waals surface area contributed by atoms with E-state index in [1.54, 1.807) is 0 Å². The summed E-state index contributed by atoms with van der Waals surface area (Å²) in [5.74, 6) is 0.716. The molecule has 70 heavy (non-hydrogen) atoms. The van der Waals surface area contributed by atoms with Gasteiger partial charge in [-0.2, -0.15) is 0 Å². The van der Waals surface area contributed by atoms with E-state index in [9.17, 15) is 0 Å². The third-order valence-electron chi connectivity index (χ3n) is 13.7. The van der Waals surface area contributed by atoms with Crippen LogP contribution >= 0.6 is 22.7 Å². The molecule has 0 saturated heterocycles. The zero-order valence-electron chi connectivity index (χ0n) is 37.7. The fourth-order valence-electron chi connectivity index (χ4n) is 10.3. The highest BCUT2D eigenvalue weighted by molar-refractivity contribution is 7.26. The third-order valence-corrected chi connectivity index (χ3v) is 16.1. The zero-order valence-corrected chi connectivity index (χ0v) is 39.3. The number of benzene rings is 10. The van der Waals surface area contributed by atoms with Crippen LogP contribution < -0.4 is 0 Å². The van der Waals surface area contributed by atoms with Crippen molar-refractivity contribution in [3.63, 3.8) is 0 Å². The van der Waals surface area contributed by atoms with Gasteiger partial charge in [-0.3, -0.25) is 0 Å². The van der Waals surface area contributed by atoms with Crippen molar-refractivity contribution >= 4 is 84.7 Å². The van der Waals surface area contributed by atoms with Gasteiger partial charge in [0.1, 0.15) is 0 Å². The first kappa shape index (κ1) is 40.5. The minimum absolute atomic E-state index is 0.716. The van der Waals surface area contributed by atoms with Crippen LogP contribution in [0.15, 0.2) is 237 Å². The number of pyridine rings is 1. The summed E-state index contributed by atoms with van der Waals surface area (Å²) in [6.45, 7) is 0. The van der Waals surface area contributed by atoms with Gasteiger partial charge in [0.2, 0.25) is 0 Å². The summed E-state index contributed by atoms with van der Waals surface area (Å²) in [5.41, 5.74) is 15.1. The summed E-state index contributed by atoms with van der Waals surface area (Å²) in [5, 5.41) is 8.78. The fraction of sp³-hybridized carbons (Fsp3) is 0. The van der Waals surface area contributed by atoms with Gasteiger partial charge in [-0.25, -0.2) is 15.0 Å². The van der Waals surface area contributed by atoms with E-state index in [2.05, 4.69) is 212 Å². The molecule has 0 spiro atoms. The minimum Gasteiger partial charge on any atom is -0.246 e. The summed E-state index contributed by atoms with van der Waals surface area (Å²) in [4.78, 5) is 15.6. The Kier molecular flexibility index (Phi) is 9.58. The highest BCUT2D eigenvalue weighted by Crippen LogP contribution is 2.46. The van der Waals surface area contributed by atoms with Crippen molar-refractivity contribution in [1.29, 1.82) is 0 Å². The molecule has 0 atom stereocenters. The van der Waals surface area contributed by atoms with E-state index < -0.39 is 0 Å². The number of rotatable bonds is 7. The standard InChI is InChI=1S/C65H39N3S2/c1-4-14-43(15-5-1)55-39-56(67-65(66-55)46-18-8-3-9-19-46)44-32-26-40(27-33-44)47-34-36-58-54(38-47)50-23-13-22-49(64(50)70-58)42-30-28-41(29-31-42)48-21-12-24-52-60-53(62(68-63(48)52)45-16-6-2-7-17-45)35-37-59-61(60)51-20-10-11-25-57(51)69-59/h1-39H. The first-order valence-corrected chi connectivity index (χ1v) is 25.2. The molecule has 5 heteroatoms. The van der Waals surface area contributed by atoms with E-state index >= 15 is 0 Å². The quantitative estimate of drug-likeness (QED) is 0.150. The molecule has 0 fully saturated rings. The normalized spacial score (nSPS) is 11.7. The van der Waals surface area contributed by atoms with Crippen molar-refractivity contribution in [2.45, 2.75) is 0 Å². The predicted molar refractivity (Wildman–Crippen MR) is 299 cm³/mol. The van der Waals surface area contributed by atoms with E-state index in [-0.39, 0.29) is 0 Å². The Morgan fingerprint density at radius 3 is 1.56 bits per heavy atom. The lowest BCUT2D eigenvalue weighted by molar-refractivity contribution is 1.18. The maximum absolute atomic E-state index is 5.54. The van der Waals surface area contributed by atoms with Gasteiger partial charge in [0, 0.05) is 84.3 Å². The molecule has 0 aliphatic heterocycles. The molecule has 0 aliphatic carbocycles. The highest BCUT2D eigenvalue weighted by Gasteiger charge is 2.19. The molecule has 0 amide bonds. The van der Waals surface area contributed by atoms with Gasteiger partial charge in [0.05, 0.1) is 22.6 Å². The van der Waals surface area contributed by atoms with Crippen LogP contribution in [-0.4, -0.2) is 15.0 Å². The number of fused-ring (bicyclic) bond motifs is 10. The van der Waals surface area contributed by atoms with Crippen molar-refractivity contribution in [3.05, 3.63) is 237 Å². The van der Waals surface area contributed by atoms with Crippen LogP contribution in [0, 0.1) is 0 Å². The number of hydrogen-bond acceptors (Lipinski definition) is 5. The minimum atomic E-state index is 0.716. The Bertz CT molecular complexity index is 4250. The van der Waals surface area contributed by atoms with Crippen LogP contribution in [0.2, 0.25) is 0 Å². The van der Waals surface area contributed by atoms with Gasteiger partial charge in [-0.05, 0) is 58.1 Å². The molecule has 4 heterocycles. The number of hydrogen-bond donors (Lipinski definition) is 0. The molecule has 0 radical (unpaired) electrons. The monoisotopic (exact) mass is 925 g/mol. The fourth-order valence-corrected chi connectivity index (χ4v) is 12.6. The summed E-state index contributed by atoms with van der Waals surface area (Å²) < 4.78 is 5.17. The Morgan fingerprint density at radius 1 is 0.271 bits per heavy atom. The molecule has 4 aromatic heterocycles. The maximum atomic E-state index is 5.54. The first-order valence-electron chi connectivity index (χ1n) is 23.6. The van der Waals surface area contributed by atoms with Gasteiger partial charge in [-0.1, -0.05) is 206 Å². The number of thiophene rings is 2. The van der Waals surface area contributed by atoms with E-state index in [4.69, 9.17) is 15.0 Å². The Balaban J connectivity index is 0.821. The van der Waals surface area contributed by atoms with Crippen LogP contribution in [-0.2, 0) is 0 Å². The van der Waals surface area contributed by atoms with Crippen LogP contribution in [0.4, 0.5) is 0 Å². The van der Waals surface area contributed by atoms with Crippen molar-refractivity contribution in [2.75, 3.05) is 0 Å². The average molecular weight is 926 g/mol. The van der Waals surface area contributed by atoms with Crippen molar-refractivity contribution in [1.82, 2.24) is 15.0 Å². The third kappa shape index (κ3) is 6.81. The van der Waals surface area contributed by atoms with E-state index in [1.807, 2.05) is 46.9 Å². The summed E-state index contributed by atoms with van der Waals surface area (Å²) >= 11 is 3.73. The van der Waals surface area contributed by atoms with Crippen LogP contribution in [0.3, 0.4) is 0 Å². The summed E-state index contributed by atoms with van der Waals surface area (Å²) in [6.07, 6.45) is 0. The largest absolute Gasteiger partial charge is 0.246 e. The van der Waals surface area contributed by atoms with Gasteiger partial charge in [0.25, 0.3) is 0 Å². The second-order valence-corrected chi connectivity index (χ2v) is 20.0. The molecule has 0 saturated carbocycles. The zero-order chi connectivity index (χ0) is 46.1. The Morgan fingerprint density at radius 2 is 0.814 bits per heavy atom. The van der Waals surface area contributed by atoms with E-state index in [1.165, 1.54) is 73.2 Å². The lowest BCUT2D eigenvalue weighted by atomic mass is 9.93. The number of nitrogens with zero attached hydrogens (tertiary/aromatic N) is 3. The highest BCUT2D eigenvalue weighted by atomic mass is 32.1. The van der Waals surface area contributed by atoms with Crippen LogP contribution in [0.25, 0.3) is 141 Å². The van der Waals surface area contributed by atoms with Crippen molar-refractivity contribution in [2.24, 2.45) is 0 Å². The SMILES string of the molecule is c1ccc(-c2cc(-c3ccc(-c4ccc5sc6c(-c7ccc(-c8cccc9c8nc(-c8ccccc8)c8ccc%10sc%11ccccc%11c%10c89)cc7)cccc6c5c4)cc3)nc(-c3ccccc3)n2)cc1. The van der Waals surface area contributed by atoms with Gasteiger partial charge in [0.15, 0.2) is 5.82 Å². The van der Waals surface area contributed by atoms with E-state index in [0.717, 1.165) is 61.5 Å². The molecule has 0 bridgehead atoms. The topological polar surface area (TPSA) is 38.7 Å². The molecule has 0 N–H and O–H groups in total. The summed E-state index contributed by atoms with van der Waals surface area (Å²) in [6, 6.07) is 84.9. The molecule has 14 rings (SSSR count). The Labute approximate surface area is 412 Å². The molecule has 10 aromatic carbocycles. The number of aromatic nitrogens is 3. The summed E-state index contributed by atoms with van der Waals surface area (Å²) in [7, 11) is 0. The van der Waals surface area contributed by atoms with Gasteiger partial charge in [-0.15, -0.1) is 22.7 Å². The second kappa shape index (κ2) is 16.6. The lowest BCUT2D eigenvalue weighted by Crippen LogP contribution is -1.95. The smallest absolute Gasteiger partial charge is 0.160 e. The molecule has 3 nitrogen and oxygen atoms in total. The molecule has 0 aliphatic rings. The van der Waals surface area contributed by atoms with Crippen molar-refractivity contribution < 1.29 is 0 Å². The average Bonchev–Trinajstić information content (AvgIpc) is 4.02. The molecule has 14 aromatic rings. The molecular formula is C65H39N3S2. The van der Waals surface area contributed by atoms with Gasteiger partial charge < -0.3 is 0 Å². The first-order chi connectivity index (χ1) is 34.7. The molecule has 0 unspecified atom stereocenters. The van der Waals surface area contributed by atoms with Gasteiger partial charge >= 0.3 is 0 Å². The van der Waals surface area contributed by atoms with Crippen molar-refractivity contribution in [3.8, 4) is 78.5 Å².